The van der Waals surface area contributed by atoms with E-state index < -0.39 is 0 Å². The zero-order valence-corrected chi connectivity index (χ0v) is 17.2. The lowest BCUT2D eigenvalue weighted by atomic mass is 9.91. The molecule has 30 heavy (non-hydrogen) atoms. The van der Waals surface area contributed by atoms with Crippen molar-refractivity contribution in [3.8, 4) is 0 Å². The fourth-order valence-corrected chi connectivity index (χ4v) is 4.66. The van der Waals surface area contributed by atoms with Gasteiger partial charge in [0.25, 0.3) is 0 Å². The maximum atomic E-state index is 14.2. The molecule has 0 aliphatic heterocycles. The summed E-state index contributed by atoms with van der Waals surface area (Å²) in [7, 11) is 1.94. The van der Waals surface area contributed by atoms with Gasteiger partial charge in [-0.2, -0.15) is 0 Å². The lowest BCUT2D eigenvalue weighted by Crippen LogP contribution is -2.33. The van der Waals surface area contributed by atoms with E-state index in [0.29, 0.717) is 18.5 Å². The number of benzene rings is 2. The highest BCUT2D eigenvalue weighted by Gasteiger charge is 2.47. The van der Waals surface area contributed by atoms with Gasteiger partial charge < -0.3 is 9.47 Å². The summed E-state index contributed by atoms with van der Waals surface area (Å²) in [5.41, 5.74) is 4.31. The molecule has 2 aliphatic carbocycles. The molecule has 0 unspecified atom stereocenters. The van der Waals surface area contributed by atoms with Crippen LogP contribution in [0.15, 0.2) is 54.9 Å². The minimum atomic E-state index is -0.220. The van der Waals surface area contributed by atoms with Crippen LogP contribution in [0.2, 0.25) is 0 Å². The number of aryl methyl sites for hydroxylation is 3. The smallest absolute Gasteiger partial charge is 0.231 e. The van der Waals surface area contributed by atoms with Crippen molar-refractivity contribution >= 4 is 11.6 Å². The number of carbonyl (C=O) groups excluding carboxylic acids is 1. The number of halogens is 1. The molecule has 0 radical (unpaired) electrons. The van der Waals surface area contributed by atoms with Crippen molar-refractivity contribution in [2.45, 2.75) is 44.6 Å². The third-order valence-electron chi connectivity index (χ3n) is 6.54. The molecule has 0 bridgehead atoms. The predicted octanol–water partition coefficient (Wildman–Crippen LogP) is 4.77. The third kappa shape index (κ3) is 3.53. The summed E-state index contributed by atoms with van der Waals surface area (Å²) >= 11 is 0. The molecule has 154 valence electrons. The molecule has 1 amide bonds. The van der Waals surface area contributed by atoms with Gasteiger partial charge in [-0.3, -0.25) is 4.79 Å². The topological polar surface area (TPSA) is 38.1 Å². The van der Waals surface area contributed by atoms with Gasteiger partial charge in [0.05, 0.1) is 6.54 Å². The Hall–Kier alpha value is -2.95. The molecule has 2 aromatic carbocycles. The molecular weight excluding hydrogens is 377 g/mol. The molecule has 0 N–H and O–H groups in total. The third-order valence-corrected chi connectivity index (χ3v) is 6.54. The minimum absolute atomic E-state index is 0.0415. The SMILES string of the molecule is Cn1ccnc1CN(C(=O)[C@H]1C[C@@H]1c1ccccc1F)c1ccc2c(c1)CCCC2. The van der Waals surface area contributed by atoms with E-state index in [-0.39, 0.29) is 23.6 Å². The summed E-state index contributed by atoms with van der Waals surface area (Å²) in [6, 6.07) is 13.2. The van der Waals surface area contributed by atoms with Gasteiger partial charge in [0.15, 0.2) is 0 Å². The van der Waals surface area contributed by atoms with E-state index in [1.807, 2.05) is 28.8 Å². The van der Waals surface area contributed by atoms with E-state index in [0.717, 1.165) is 24.4 Å². The normalized spacial score (nSPS) is 19.9. The number of carbonyl (C=O) groups is 1. The lowest BCUT2D eigenvalue weighted by Gasteiger charge is -2.25. The van der Waals surface area contributed by atoms with Crippen LogP contribution in [-0.4, -0.2) is 15.5 Å². The summed E-state index contributed by atoms with van der Waals surface area (Å²) in [5, 5.41) is 0. The van der Waals surface area contributed by atoms with Gasteiger partial charge in [0, 0.05) is 31.0 Å². The largest absolute Gasteiger partial charge is 0.337 e. The zero-order chi connectivity index (χ0) is 20.7. The van der Waals surface area contributed by atoms with E-state index in [9.17, 15) is 9.18 Å². The average Bonchev–Trinajstić information content (AvgIpc) is 3.46. The quantitative estimate of drug-likeness (QED) is 0.615. The molecule has 0 spiro atoms. The summed E-state index contributed by atoms with van der Waals surface area (Å²) in [4.78, 5) is 19.9. The molecular formula is C25H26FN3O. The van der Waals surface area contributed by atoms with Crippen LogP contribution in [0.3, 0.4) is 0 Å². The number of amides is 1. The Labute approximate surface area is 176 Å². The number of nitrogens with zero attached hydrogens (tertiary/aromatic N) is 3. The van der Waals surface area contributed by atoms with Gasteiger partial charge in [-0.05, 0) is 72.9 Å². The Bertz CT molecular complexity index is 1090. The molecule has 0 saturated heterocycles. The van der Waals surface area contributed by atoms with E-state index >= 15 is 0 Å². The van der Waals surface area contributed by atoms with Gasteiger partial charge in [0.1, 0.15) is 11.6 Å². The first-order chi connectivity index (χ1) is 14.6. The molecule has 5 heteroatoms. The maximum absolute atomic E-state index is 14.2. The van der Waals surface area contributed by atoms with Crippen molar-refractivity contribution in [3.05, 3.63) is 83.2 Å². The van der Waals surface area contributed by atoms with E-state index in [1.54, 1.807) is 18.3 Å². The Morgan fingerprint density at radius 1 is 1.17 bits per heavy atom. The van der Waals surface area contributed by atoms with E-state index in [2.05, 4.69) is 23.2 Å². The number of rotatable bonds is 5. The van der Waals surface area contributed by atoms with Gasteiger partial charge in [-0.1, -0.05) is 24.3 Å². The number of anilines is 1. The first-order valence-corrected chi connectivity index (χ1v) is 10.8. The monoisotopic (exact) mass is 403 g/mol. The second kappa shape index (κ2) is 7.71. The molecule has 3 aromatic rings. The summed E-state index contributed by atoms with van der Waals surface area (Å²) in [5.74, 6) is 0.451. The van der Waals surface area contributed by atoms with Crippen LogP contribution in [0.25, 0.3) is 0 Å². The number of imidazole rings is 1. The first kappa shape index (κ1) is 19.0. The first-order valence-electron chi connectivity index (χ1n) is 10.8. The number of aromatic nitrogens is 2. The second-order valence-corrected chi connectivity index (χ2v) is 8.51. The van der Waals surface area contributed by atoms with Crippen LogP contribution in [0.4, 0.5) is 10.1 Å². The summed E-state index contributed by atoms with van der Waals surface area (Å²) in [6.45, 7) is 0.418. The molecule has 1 saturated carbocycles. The Morgan fingerprint density at radius 3 is 2.73 bits per heavy atom. The Morgan fingerprint density at radius 2 is 1.97 bits per heavy atom. The lowest BCUT2D eigenvalue weighted by molar-refractivity contribution is -0.120. The fourth-order valence-electron chi connectivity index (χ4n) is 4.66. The van der Waals surface area contributed by atoms with Gasteiger partial charge >= 0.3 is 0 Å². The van der Waals surface area contributed by atoms with Crippen molar-refractivity contribution in [1.29, 1.82) is 0 Å². The van der Waals surface area contributed by atoms with Crippen LogP contribution in [0, 0.1) is 11.7 Å². The van der Waals surface area contributed by atoms with Crippen molar-refractivity contribution in [2.24, 2.45) is 13.0 Å². The van der Waals surface area contributed by atoms with Crippen molar-refractivity contribution in [1.82, 2.24) is 9.55 Å². The van der Waals surface area contributed by atoms with Crippen molar-refractivity contribution in [3.63, 3.8) is 0 Å². The number of hydrogen-bond donors (Lipinski definition) is 0. The highest BCUT2D eigenvalue weighted by Crippen LogP contribution is 2.49. The summed E-state index contributed by atoms with van der Waals surface area (Å²) < 4.78 is 16.2. The van der Waals surface area contributed by atoms with Gasteiger partial charge in [0.2, 0.25) is 5.91 Å². The average molecular weight is 404 g/mol. The molecule has 4 nitrogen and oxygen atoms in total. The van der Waals surface area contributed by atoms with Crippen LogP contribution in [0.1, 0.15) is 47.7 Å². The zero-order valence-electron chi connectivity index (χ0n) is 17.2. The maximum Gasteiger partial charge on any atom is 0.231 e. The fraction of sp³-hybridized carbons (Fsp3) is 0.360. The summed E-state index contributed by atoms with van der Waals surface area (Å²) in [6.07, 6.45) is 8.95. The van der Waals surface area contributed by atoms with Gasteiger partial charge in [-0.25, -0.2) is 9.37 Å². The number of fused-ring (bicyclic) bond motifs is 1. The molecule has 2 atom stereocenters. The minimum Gasteiger partial charge on any atom is -0.337 e. The van der Waals surface area contributed by atoms with E-state index in [1.165, 1.54) is 30.0 Å². The second-order valence-electron chi connectivity index (χ2n) is 8.51. The molecule has 5 rings (SSSR count). The highest BCUT2D eigenvalue weighted by molar-refractivity contribution is 5.97. The van der Waals surface area contributed by atoms with E-state index in [4.69, 9.17) is 0 Å². The van der Waals surface area contributed by atoms with Gasteiger partial charge in [-0.15, -0.1) is 0 Å². The Balaban J connectivity index is 1.45. The molecule has 1 heterocycles. The molecule has 1 aromatic heterocycles. The highest BCUT2D eigenvalue weighted by atomic mass is 19.1. The standard InChI is InChI=1S/C25H26FN3O/c1-28-13-12-27-24(28)16-29(19-11-10-17-6-2-3-7-18(17)14-19)25(30)22-15-21(22)20-8-4-5-9-23(20)26/h4-5,8-14,21-22H,2-3,6-7,15-16H2,1H3/t21-,22+/m1/s1. The van der Waals surface area contributed by atoms with Crippen LogP contribution >= 0.6 is 0 Å². The van der Waals surface area contributed by atoms with Crippen LogP contribution in [0.5, 0.6) is 0 Å². The molecule has 1 fully saturated rings. The van der Waals surface area contributed by atoms with Crippen LogP contribution in [-0.2, 0) is 31.2 Å². The van der Waals surface area contributed by atoms with Crippen molar-refractivity contribution in [2.75, 3.05) is 4.90 Å². The Kier molecular flexibility index (Phi) is 4.89. The van der Waals surface area contributed by atoms with Crippen LogP contribution < -0.4 is 4.90 Å². The molecule has 2 aliphatic rings. The van der Waals surface area contributed by atoms with Crippen molar-refractivity contribution < 1.29 is 9.18 Å². The predicted molar refractivity (Wildman–Crippen MR) is 115 cm³/mol. The number of hydrogen-bond acceptors (Lipinski definition) is 2.